The Bertz CT molecular complexity index is 453. The molecule has 2 rings (SSSR count). The summed E-state index contributed by atoms with van der Waals surface area (Å²) in [7, 11) is 0. The van der Waals surface area contributed by atoms with E-state index in [2.05, 4.69) is 10.6 Å². The summed E-state index contributed by atoms with van der Waals surface area (Å²) < 4.78 is 13.3. The Hall–Kier alpha value is -1.42. The second kappa shape index (κ2) is 5.70. The molecule has 1 atom stereocenters. The van der Waals surface area contributed by atoms with Crippen molar-refractivity contribution in [1.29, 1.82) is 0 Å². The second-order valence-electron chi connectivity index (χ2n) is 5.65. The highest BCUT2D eigenvalue weighted by molar-refractivity contribution is 5.87. The molecule has 1 aromatic carbocycles. The van der Waals surface area contributed by atoms with Crippen LogP contribution >= 0.6 is 0 Å². The van der Waals surface area contributed by atoms with Gasteiger partial charge in [-0.1, -0.05) is 12.1 Å². The van der Waals surface area contributed by atoms with Gasteiger partial charge in [0.2, 0.25) is 5.91 Å². The summed E-state index contributed by atoms with van der Waals surface area (Å²) in [4.78, 5) is 12.4. The molecule has 104 valence electrons. The number of carbonyl (C=O) groups excluding carboxylic acids is 1. The first-order valence-electron chi connectivity index (χ1n) is 6.78. The van der Waals surface area contributed by atoms with Gasteiger partial charge in [0.15, 0.2) is 0 Å². The Morgan fingerprint density at radius 1 is 1.47 bits per heavy atom. The van der Waals surface area contributed by atoms with Gasteiger partial charge in [-0.3, -0.25) is 4.79 Å². The molecule has 0 saturated carbocycles. The van der Waals surface area contributed by atoms with E-state index in [1.54, 1.807) is 12.1 Å². The van der Waals surface area contributed by atoms with Crippen molar-refractivity contribution in [3.8, 4) is 0 Å². The molecular weight excluding hydrogens is 243 g/mol. The van der Waals surface area contributed by atoms with Gasteiger partial charge in [-0.25, -0.2) is 4.39 Å². The first kappa shape index (κ1) is 14.0. The van der Waals surface area contributed by atoms with Crippen LogP contribution in [-0.4, -0.2) is 25.0 Å². The highest BCUT2D eigenvalue weighted by Gasteiger charge is 2.31. The van der Waals surface area contributed by atoms with Gasteiger partial charge in [-0.05, 0) is 50.9 Å². The molecule has 1 saturated heterocycles. The number of piperidine rings is 1. The van der Waals surface area contributed by atoms with Gasteiger partial charge in [0.1, 0.15) is 5.82 Å². The molecule has 0 aromatic heterocycles. The standard InChI is InChI=1S/C15H21FN2O/c1-15(2,11-5-3-6-12(16)9-11)14(19)18-13-7-4-8-17-10-13/h3,5-6,9,13,17H,4,7-8,10H2,1-2H3,(H,18,19)/t13-/m0/s1. The maximum atomic E-state index is 13.3. The first-order chi connectivity index (χ1) is 9.00. The number of hydrogen-bond acceptors (Lipinski definition) is 2. The number of rotatable bonds is 3. The quantitative estimate of drug-likeness (QED) is 0.876. The molecule has 0 aliphatic carbocycles. The molecule has 4 heteroatoms. The molecule has 19 heavy (non-hydrogen) atoms. The number of benzene rings is 1. The van der Waals surface area contributed by atoms with Gasteiger partial charge in [0.25, 0.3) is 0 Å². The number of halogens is 1. The lowest BCUT2D eigenvalue weighted by Gasteiger charge is -2.30. The maximum Gasteiger partial charge on any atom is 0.230 e. The molecule has 1 aromatic rings. The Morgan fingerprint density at radius 3 is 2.89 bits per heavy atom. The van der Waals surface area contributed by atoms with Gasteiger partial charge < -0.3 is 10.6 Å². The van der Waals surface area contributed by atoms with Crippen LogP contribution in [-0.2, 0) is 10.2 Å². The molecule has 2 N–H and O–H groups in total. The zero-order chi connectivity index (χ0) is 13.9. The van der Waals surface area contributed by atoms with Crippen LogP contribution in [0.15, 0.2) is 24.3 Å². The van der Waals surface area contributed by atoms with Crippen molar-refractivity contribution in [1.82, 2.24) is 10.6 Å². The minimum Gasteiger partial charge on any atom is -0.351 e. The van der Waals surface area contributed by atoms with Gasteiger partial charge in [-0.15, -0.1) is 0 Å². The molecule has 1 aliphatic heterocycles. The van der Waals surface area contributed by atoms with Crippen LogP contribution in [0.2, 0.25) is 0 Å². The van der Waals surface area contributed by atoms with Crippen LogP contribution in [0.25, 0.3) is 0 Å². The third-order valence-electron chi connectivity index (χ3n) is 3.75. The van der Waals surface area contributed by atoms with Gasteiger partial charge >= 0.3 is 0 Å². The molecule has 0 spiro atoms. The zero-order valence-electron chi connectivity index (χ0n) is 11.5. The topological polar surface area (TPSA) is 41.1 Å². The summed E-state index contributed by atoms with van der Waals surface area (Å²) in [5.74, 6) is -0.357. The third kappa shape index (κ3) is 3.32. The van der Waals surface area contributed by atoms with Crippen LogP contribution in [0.5, 0.6) is 0 Å². The molecular formula is C15H21FN2O. The summed E-state index contributed by atoms with van der Waals surface area (Å²) in [6.45, 7) is 5.48. The molecule has 0 unspecified atom stereocenters. The fourth-order valence-corrected chi connectivity index (χ4v) is 2.35. The van der Waals surface area contributed by atoms with E-state index in [1.165, 1.54) is 12.1 Å². The molecule has 0 bridgehead atoms. The predicted octanol–water partition coefficient (Wildman–Crippen LogP) is 1.97. The van der Waals surface area contributed by atoms with Crippen molar-refractivity contribution in [2.24, 2.45) is 0 Å². The lowest BCUT2D eigenvalue weighted by molar-refractivity contribution is -0.126. The predicted molar refractivity (Wildman–Crippen MR) is 73.5 cm³/mol. The lowest BCUT2D eigenvalue weighted by Crippen LogP contribution is -2.50. The average Bonchev–Trinajstić information content (AvgIpc) is 2.40. The van der Waals surface area contributed by atoms with Crippen LogP contribution in [0, 0.1) is 5.82 Å². The molecule has 3 nitrogen and oxygen atoms in total. The van der Waals surface area contributed by atoms with E-state index in [1.807, 2.05) is 13.8 Å². The lowest BCUT2D eigenvalue weighted by atomic mass is 9.83. The van der Waals surface area contributed by atoms with Crippen LogP contribution in [0.4, 0.5) is 4.39 Å². The molecule has 1 amide bonds. The van der Waals surface area contributed by atoms with Crippen molar-refractivity contribution in [3.05, 3.63) is 35.6 Å². The normalized spacial score (nSPS) is 20.1. The number of nitrogens with one attached hydrogen (secondary N) is 2. The van der Waals surface area contributed by atoms with Crippen molar-refractivity contribution in [2.75, 3.05) is 13.1 Å². The summed E-state index contributed by atoms with van der Waals surface area (Å²) in [6, 6.07) is 6.43. The number of carbonyl (C=O) groups is 1. The Labute approximate surface area is 113 Å². The Balaban J connectivity index is 2.07. The summed E-state index contributed by atoms with van der Waals surface area (Å²) >= 11 is 0. The molecule has 1 heterocycles. The third-order valence-corrected chi connectivity index (χ3v) is 3.75. The van der Waals surface area contributed by atoms with E-state index < -0.39 is 5.41 Å². The molecule has 1 aliphatic rings. The minimum absolute atomic E-state index is 0.0493. The number of amides is 1. The monoisotopic (exact) mass is 264 g/mol. The van der Waals surface area contributed by atoms with Crippen LogP contribution < -0.4 is 10.6 Å². The first-order valence-corrected chi connectivity index (χ1v) is 6.78. The number of hydrogen-bond donors (Lipinski definition) is 2. The highest BCUT2D eigenvalue weighted by atomic mass is 19.1. The van der Waals surface area contributed by atoms with E-state index >= 15 is 0 Å². The van der Waals surface area contributed by atoms with Crippen molar-refractivity contribution in [3.63, 3.8) is 0 Å². The summed E-state index contributed by atoms with van der Waals surface area (Å²) in [5.41, 5.74) is -0.0201. The average molecular weight is 264 g/mol. The van der Waals surface area contributed by atoms with Crippen LogP contribution in [0.3, 0.4) is 0 Å². The Morgan fingerprint density at radius 2 is 2.26 bits per heavy atom. The fourth-order valence-electron chi connectivity index (χ4n) is 2.35. The van der Waals surface area contributed by atoms with Crippen LogP contribution in [0.1, 0.15) is 32.3 Å². The molecule has 0 radical (unpaired) electrons. The SMILES string of the molecule is CC(C)(C(=O)N[C@H]1CCCNC1)c1cccc(F)c1. The zero-order valence-corrected chi connectivity index (χ0v) is 11.5. The van der Waals surface area contributed by atoms with Gasteiger partial charge in [0, 0.05) is 12.6 Å². The largest absolute Gasteiger partial charge is 0.351 e. The molecule has 1 fully saturated rings. The van der Waals surface area contributed by atoms with Gasteiger partial charge in [-0.2, -0.15) is 0 Å². The van der Waals surface area contributed by atoms with E-state index in [0.717, 1.165) is 25.9 Å². The second-order valence-corrected chi connectivity index (χ2v) is 5.65. The minimum atomic E-state index is -0.723. The van der Waals surface area contributed by atoms with Crippen molar-refractivity contribution in [2.45, 2.75) is 38.1 Å². The summed E-state index contributed by atoms with van der Waals surface area (Å²) in [6.07, 6.45) is 2.07. The fraction of sp³-hybridized carbons (Fsp3) is 0.533. The van der Waals surface area contributed by atoms with Gasteiger partial charge in [0.05, 0.1) is 5.41 Å². The maximum absolute atomic E-state index is 13.3. The smallest absolute Gasteiger partial charge is 0.230 e. The van der Waals surface area contributed by atoms with E-state index in [4.69, 9.17) is 0 Å². The van der Waals surface area contributed by atoms with E-state index in [9.17, 15) is 9.18 Å². The van der Waals surface area contributed by atoms with E-state index in [0.29, 0.717) is 5.56 Å². The highest BCUT2D eigenvalue weighted by Crippen LogP contribution is 2.24. The van der Waals surface area contributed by atoms with Crippen molar-refractivity contribution < 1.29 is 9.18 Å². The summed E-state index contributed by atoms with van der Waals surface area (Å²) in [5, 5.41) is 6.32. The van der Waals surface area contributed by atoms with E-state index in [-0.39, 0.29) is 17.8 Å². The van der Waals surface area contributed by atoms with Crippen molar-refractivity contribution >= 4 is 5.91 Å². The Kier molecular flexibility index (Phi) is 4.20.